The van der Waals surface area contributed by atoms with Crippen molar-refractivity contribution in [2.24, 2.45) is 0 Å². The summed E-state index contributed by atoms with van der Waals surface area (Å²) in [6.07, 6.45) is 1.25. The Hall–Kier alpha value is -1.27. The zero-order valence-corrected chi connectivity index (χ0v) is 13.1. The summed E-state index contributed by atoms with van der Waals surface area (Å²) in [6.45, 7) is 7.81. The van der Waals surface area contributed by atoms with E-state index in [1.165, 1.54) is 6.26 Å². The fraction of sp³-hybridized carbons (Fsp3) is 0.571. The van der Waals surface area contributed by atoms with Crippen LogP contribution in [-0.4, -0.2) is 46.9 Å². The van der Waals surface area contributed by atoms with Crippen molar-refractivity contribution in [1.82, 2.24) is 5.32 Å². The molecular formula is C14H23N3O2S. The zero-order valence-electron chi connectivity index (χ0n) is 12.3. The Kier molecular flexibility index (Phi) is 4.55. The molecule has 2 N–H and O–H groups in total. The molecule has 0 spiro atoms. The molecule has 2 rings (SSSR count). The van der Waals surface area contributed by atoms with Crippen LogP contribution in [0.25, 0.3) is 0 Å². The second kappa shape index (κ2) is 6.01. The molecule has 1 aliphatic heterocycles. The lowest BCUT2D eigenvalue weighted by molar-refractivity contribution is 0.589. The number of nitrogens with one attached hydrogen (secondary N) is 2. The van der Waals surface area contributed by atoms with Gasteiger partial charge in [-0.05, 0) is 32.0 Å². The summed E-state index contributed by atoms with van der Waals surface area (Å²) in [5.41, 5.74) is 1.76. The molecule has 0 unspecified atom stereocenters. The fourth-order valence-electron chi connectivity index (χ4n) is 2.38. The lowest BCUT2D eigenvalue weighted by Crippen LogP contribution is -2.43. The van der Waals surface area contributed by atoms with Crippen molar-refractivity contribution in [2.45, 2.75) is 24.8 Å². The van der Waals surface area contributed by atoms with Gasteiger partial charge in [-0.2, -0.15) is 0 Å². The van der Waals surface area contributed by atoms with E-state index in [0.717, 1.165) is 31.9 Å². The highest BCUT2D eigenvalue weighted by Gasteiger charge is 2.17. The lowest BCUT2D eigenvalue weighted by Gasteiger charge is -2.30. The standard InChI is InChI=1S/C14H23N3O2S/c1-11(2)16-13-10-12(17-8-6-15-7-9-17)4-5-14(13)20(3,18)19/h4-5,10-11,15-16H,6-9H2,1-3H3. The predicted molar refractivity (Wildman–Crippen MR) is 83.4 cm³/mol. The number of hydrogen-bond donors (Lipinski definition) is 2. The molecule has 0 saturated carbocycles. The van der Waals surface area contributed by atoms with Gasteiger partial charge in [0.15, 0.2) is 9.84 Å². The third kappa shape index (κ3) is 3.64. The minimum absolute atomic E-state index is 0.189. The van der Waals surface area contributed by atoms with Crippen LogP contribution in [0.2, 0.25) is 0 Å². The van der Waals surface area contributed by atoms with Gasteiger partial charge < -0.3 is 15.5 Å². The summed E-state index contributed by atoms with van der Waals surface area (Å²) >= 11 is 0. The fourth-order valence-corrected chi connectivity index (χ4v) is 3.22. The van der Waals surface area contributed by atoms with Crippen molar-refractivity contribution in [1.29, 1.82) is 0 Å². The molecule has 20 heavy (non-hydrogen) atoms. The summed E-state index contributed by atoms with van der Waals surface area (Å²) in [5.74, 6) is 0. The van der Waals surface area contributed by atoms with Gasteiger partial charge in [-0.1, -0.05) is 0 Å². The Bertz CT molecular complexity index is 564. The van der Waals surface area contributed by atoms with Gasteiger partial charge in [-0.3, -0.25) is 0 Å². The van der Waals surface area contributed by atoms with Gasteiger partial charge in [0.05, 0.1) is 10.6 Å². The third-order valence-corrected chi connectivity index (χ3v) is 4.44. The van der Waals surface area contributed by atoms with Crippen LogP contribution in [0.15, 0.2) is 23.1 Å². The van der Waals surface area contributed by atoms with E-state index >= 15 is 0 Å². The number of rotatable bonds is 4. The van der Waals surface area contributed by atoms with Crippen LogP contribution in [0.1, 0.15) is 13.8 Å². The largest absolute Gasteiger partial charge is 0.382 e. The van der Waals surface area contributed by atoms with Crippen molar-refractivity contribution in [3.05, 3.63) is 18.2 Å². The molecular weight excluding hydrogens is 274 g/mol. The molecule has 6 heteroatoms. The van der Waals surface area contributed by atoms with E-state index in [-0.39, 0.29) is 6.04 Å². The topological polar surface area (TPSA) is 61.4 Å². The Labute approximate surface area is 121 Å². The molecule has 0 bridgehead atoms. The quantitative estimate of drug-likeness (QED) is 0.878. The van der Waals surface area contributed by atoms with Gasteiger partial charge >= 0.3 is 0 Å². The molecule has 0 atom stereocenters. The van der Waals surface area contributed by atoms with E-state index in [1.807, 2.05) is 26.0 Å². The monoisotopic (exact) mass is 297 g/mol. The van der Waals surface area contributed by atoms with Crippen LogP contribution in [0.5, 0.6) is 0 Å². The number of hydrogen-bond acceptors (Lipinski definition) is 5. The summed E-state index contributed by atoms with van der Waals surface area (Å²) < 4.78 is 23.7. The first-order valence-corrected chi connectivity index (χ1v) is 8.83. The Balaban J connectivity index is 2.37. The molecule has 1 aromatic carbocycles. The molecule has 5 nitrogen and oxygen atoms in total. The van der Waals surface area contributed by atoms with Crippen molar-refractivity contribution in [3.8, 4) is 0 Å². The number of anilines is 2. The Morgan fingerprint density at radius 3 is 2.45 bits per heavy atom. The van der Waals surface area contributed by atoms with E-state index in [9.17, 15) is 8.42 Å². The summed E-state index contributed by atoms with van der Waals surface area (Å²) in [4.78, 5) is 2.64. The van der Waals surface area contributed by atoms with E-state index in [0.29, 0.717) is 10.6 Å². The number of sulfone groups is 1. The van der Waals surface area contributed by atoms with Crippen LogP contribution in [0.4, 0.5) is 11.4 Å². The van der Waals surface area contributed by atoms with Crippen LogP contribution >= 0.6 is 0 Å². The third-order valence-electron chi connectivity index (χ3n) is 3.29. The maximum Gasteiger partial charge on any atom is 0.177 e. The van der Waals surface area contributed by atoms with Crippen molar-refractivity contribution >= 4 is 21.2 Å². The molecule has 0 aromatic heterocycles. The Morgan fingerprint density at radius 2 is 1.90 bits per heavy atom. The molecule has 1 saturated heterocycles. The maximum atomic E-state index is 11.9. The van der Waals surface area contributed by atoms with Crippen molar-refractivity contribution < 1.29 is 8.42 Å². The van der Waals surface area contributed by atoms with Gasteiger partial charge in [0, 0.05) is 44.2 Å². The average Bonchev–Trinajstić information content (AvgIpc) is 2.37. The maximum absolute atomic E-state index is 11.9. The van der Waals surface area contributed by atoms with Crippen LogP contribution in [0.3, 0.4) is 0 Å². The van der Waals surface area contributed by atoms with Gasteiger partial charge in [-0.25, -0.2) is 8.42 Å². The highest BCUT2D eigenvalue weighted by Crippen LogP contribution is 2.28. The molecule has 0 amide bonds. The van der Waals surface area contributed by atoms with E-state index < -0.39 is 9.84 Å². The molecule has 0 aliphatic carbocycles. The van der Waals surface area contributed by atoms with Crippen molar-refractivity contribution in [3.63, 3.8) is 0 Å². The SMILES string of the molecule is CC(C)Nc1cc(N2CCNCC2)ccc1S(C)(=O)=O. The number of nitrogens with zero attached hydrogens (tertiary/aromatic N) is 1. The lowest BCUT2D eigenvalue weighted by atomic mass is 10.2. The van der Waals surface area contributed by atoms with E-state index in [2.05, 4.69) is 15.5 Å². The minimum Gasteiger partial charge on any atom is -0.382 e. The van der Waals surface area contributed by atoms with Crippen molar-refractivity contribution in [2.75, 3.05) is 42.7 Å². The highest BCUT2D eigenvalue weighted by atomic mass is 32.2. The van der Waals surface area contributed by atoms with E-state index in [1.54, 1.807) is 6.07 Å². The van der Waals surface area contributed by atoms with Gasteiger partial charge in [0.25, 0.3) is 0 Å². The molecule has 1 fully saturated rings. The number of piperazine rings is 1. The average molecular weight is 297 g/mol. The second-order valence-corrected chi connectivity index (χ2v) is 7.47. The van der Waals surface area contributed by atoms with Crippen LogP contribution in [-0.2, 0) is 9.84 Å². The first kappa shape index (κ1) is 15.1. The van der Waals surface area contributed by atoms with Gasteiger partial charge in [-0.15, -0.1) is 0 Å². The normalized spacial score (nSPS) is 16.5. The molecule has 0 radical (unpaired) electrons. The van der Waals surface area contributed by atoms with E-state index in [4.69, 9.17) is 0 Å². The first-order chi connectivity index (χ1) is 9.38. The first-order valence-electron chi connectivity index (χ1n) is 6.94. The Morgan fingerprint density at radius 1 is 1.25 bits per heavy atom. The molecule has 1 aromatic rings. The summed E-state index contributed by atoms with van der Waals surface area (Å²) in [5, 5.41) is 6.55. The second-order valence-electron chi connectivity index (χ2n) is 5.49. The summed E-state index contributed by atoms with van der Waals surface area (Å²) in [7, 11) is -3.22. The predicted octanol–water partition coefficient (Wildman–Crippen LogP) is 1.32. The van der Waals surface area contributed by atoms with Gasteiger partial charge in [0.2, 0.25) is 0 Å². The van der Waals surface area contributed by atoms with Crippen LogP contribution in [0, 0.1) is 0 Å². The summed E-state index contributed by atoms with van der Waals surface area (Å²) in [6, 6.07) is 5.74. The minimum atomic E-state index is -3.22. The van der Waals surface area contributed by atoms with Gasteiger partial charge in [0.1, 0.15) is 0 Å². The smallest absolute Gasteiger partial charge is 0.177 e. The highest BCUT2D eigenvalue weighted by molar-refractivity contribution is 7.90. The molecule has 112 valence electrons. The molecule has 1 heterocycles. The zero-order chi connectivity index (χ0) is 14.8. The molecule has 1 aliphatic rings. The number of benzene rings is 1. The van der Waals surface area contributed by atoms with Crippen LogP contribution < -0.4 is 15.5 Å².